The van der Waals surface area contributed by atoms with Crippen molar-refractivity contribution in [2.45, 2.75) is 57.9 Å². The number of hydrogen-bond donors (Lipinski definition) is 1. The molecule has 2 aliphatic rings. The average molecular weight is 437 g/mol. The summed E-state index contributed by atoms with van der Waals surface area (Å²) in [5, 5.41) is 2.93. The summed E-state index contributed by atoms with van der Waals surface area (Å²) in [5.41, 5.74) is 2.10. The first-order valence-corrected chi connectivity index (χ1v) is 11.6. The van der Waals surface area contributed by atoms with Crippen LogP contribution in [0.4, 0.5) is 0 Å². The van der Waals surface area contributed by atoms with Crippen molar-refractivity contribution in [3.8, 4) is 5.75 Å². The van der Waals surface area contributed by atoms with Gasteiger partial charge in [-0.15, -0.1) is 0 Å². The van der Waals surface area contributed by atoms with Crippen molar-refractivity contribution in [2.75, 3.05) is 20.2 Å². The molecule has 2 amide bonds. The molecule has 1 aliphatic heterocycles. The number of hydrogen-bond acceptors (Lipinski definition) is 5. The molecule has 2 heterocycles. The number of carbonyl (C=O) groups excluding carboxylic acids is 2. The Kier molecular flexibility index (Phi) is 7.02. The van der Waals surface area contributed by atoms with Crippen molar-refractivity contribution in [1.29, 1.82) is 0 Å². The maximum atomic E-state index is 12.7. The van der Waals surface area contributed by atoms with Crippen molar-refractivity contribution < 1.29 is 14.3 Å². The minimum Gasteiger partial charge on any atom is -0.497 e. The third-order valence-electron chi connectivity index (χ3n) is 6.67. The van der Waals surface area contributed by atoms with Gasteiger partial charge >= 0.3 is 0 Å². The Labute approximate surface area is 189 Å². The summed E-state index contributed by atoms with van der Waals surface area (Å²) in [6.45, 7) is 3.68. The largest absolute Gasteiger partial charge is 0.497 e. The van der Waals surface area contributed by atoms with Gasteiger partial charge in [0.15, 0.2) is 0 Å². The van der Waals surface area contributed by atoms with Crippen LogP contribution in [0.25, 0.3) is 0 Å². The van der Waals surface area contributed by atoms with E-state index in [1.54, 1.807) is 13.3 Å². The van der Waals surface area contributed by atoms with E-state index >= 15 is 0 Å². The lowest BCUT2D eigenvalue weighted by Gasteiger charge is -2.18. The van der Waals surface area contributed by atoms with Crippen molar-refractivity contribution >= 4 is 11.8 Å². The number of aryl methyl sites for hydroxylation is 1. The molecule has 7 heteroatoms. The standard InChI is InChI=1S/C25H32N4O3/c1-17-22(25(31)27-14-19-8-5-9-21(12-19)32-2)15-26-24(28-17)20-10-11-29(16-20)23(30)13-18-6-3-4-7-18/h5,8-9,12,15,18,20H,3-4,6-7,10-11,13-14,16H2,1-2H3,(H,27,31)/t20-/m1/s1. The van der Waals surface area contributed by atoms with E-state index in [1.807, 2.05) is 36.1 Å². The van der Waals surface area contributed by atoms with Gasteiger partial charge in [-0.05, 0) is 49.8 Å². The van der Waals surface area contributed by atoms with Gasteiger partial charge in [-0.1, -0.05) is 25.0 Å². The molecule has 32 heavy (non-hydrogen) atoms. The van der Waals surface area contributed by atoms with Crippen LogP contribution in [0.2, 0.25) is 0 Å². The zero-order valence-corrected chi connectivity index (χ0v) is 19.0. The first-order valence-electron chi connectivity index (χ1n) is 11.6. The van der Waals surface area contributed by atoms with Crippen LogP contribution in [0.5, 0.6) is 5.75 Å². The summed E-state index contributed by atoms with van der Waals surface area (Å²) in [4.78, 5) is 36.4. The molecule has 2 fully saturated rings. The van der Waals surface area contributed by atoms with E-state index in [0.717, 1.165) is 30.1 Å². The maximum Gasteiger partial charge on any atom is 0.254 e. The third kappa shape index (κ3) is 5.26. The molecule has 1 saturated heterocycles. The van der Waals surface area contributed by atoms with Gasteiger partial charge in [0, 0.05) is 38.2 Å². The van der Waals surface area contributed by atoms with Crippen LogP contribution in [-0.2, 0) is 11.3 Å². The van der Waals surface area contributed by atoms with E-state index in [1.165, 1.54) is 25.7 Å². The minimum absolute atomic E-state index is 0.134. The van der Waals surface area contributed by atoms with Gasteiger partial charge in [0.1, 0.15) is 11.6 Å². The molecule has 7 nitrogen and oxygen atoms in total. The number of amides is 2. The number of rotatable bonds is 7. The maximum absolute atomic E-state index is 12.7. The Morgan fingerprint density at radius 2 is 2.03 bits per heavy atom. The Morgan fingerprint density at radius 3 is 2.78 bits per heavy atom. The second kappa shape index (κ2) is 10.1. The quantitative estimate of drug-likeness (QED) is 0.717. The van der Waals surface area contributed by atoms with Crippen LogP contribution in [0.1, 0.15) is 71.9 Å². The second-order valence-electron chi connectivity index (χ2n) is 8.94. The summed E-state index contributed by atoms with van der Waals surface area (Å²) in [6, 6.07) is 7.60. The van der Waals surface area contributed by atoms with Gasteiger partial charge in [0.2, 0.25) is 5.91 Å². The number of methoxy groups -OCH3 is 1. The Balaban J connectivity index is 1.33. The van der Waals surface area contributed by atoms with Crippen molar-refractivity contribution in [3.63, 3.8) is 0 Å². The fourth-order valence-electron chi connectivity index (χ4n) is 4.75. The van der Waals surface area contributed by atoms with E-state index in [4.69, 9.17) is 4.74 Å². The van der Waals surface area contributed by atoms with Gasteiger partial charge < -0.3 is 15.0 Å². The number of ether oxygens (including phenoxy) is 1. The number of likely N-dealkylation sites (tertiary alicyclic amines) is 1. The average Bonchev–Trinajstić information content (AvgIpc) is 3.50. The molecule has 0 spiro atoms. The summed E-state index contributed by atoms with van der Waals surface area (Å²) in [7, 11) is 1.62. The Bertz CT molecular complexity index is 971. The molecule has 0 bridgehead atoms. The van der Waals surface area contributed by atoms with Crippen LogP contribution in [0.15, 0.2) is 30.5 Å². The van der Waals surface area contributed by atoms with Crippen molar-refractivity contribution in [2.24, 2.45) is 5.92 Å². The van der Waals surface area contributed by atoms with E-state index in [2.05, 4.69) is 15.3 Å². The lowest BCUT2D eigenvalue weighted by atomic mass is 10.0. The Morgan fingerprint density at radius 1 is 1.22 bits per heavy atom. The Hall–Kier alpha value is -2.96. The fraction of sp³-hybridized carbons (Fsp3) is 0.520. The van der Waals surface area contributed by atoms with Crippen LogP contribution in [-0.4, -0.2) is 46.9 Å². The zero-order valence-electron chi connectivity index (χ0n) is 19.0. The van der Waals surface area contributed by atoms with E-state index in [-0.39, 0.29) is 17.7 Å². The highest BCUT2D eigenvalue weighted by atomic mass is 16.5. The summed E-state index contributed by atoms with van der Waals surface area (Å²) in [5.74, 6) is 2.25. The van der Waals surface area contributed by atoms with E-state index in [0.29, 0.717) is 36.7 Å². The van der Waals surface area contributed by atoms with Crippen LogP contribution < -0.4 is 10.1 Å². The molecule has 1 atom stereocenters. The number of benzene rings is 1. The second-order valence-corrected chi connectivity index (χ2v) is 8.94. The fourth-order valence-corrected chi connectivity index (χ4v) is 4.75. The minimum atomic E-state index is -0.198. The first kappa shape index (κ1) is 22.2. The van der Waals surface area contributed by atoms with Gasteiger partial charge in [-0.2, -0.15) is 0 Å². The van der Waals surface area contributed by atoms with Gasteiger partial charge in [-0.3, -0.25) is 9.59 Å². The third-order valence-corrected chi connectivity index (χ3v) is 6.67. The monoisotopic (exact) mass is 436 g/mol. The van der Waals surface area contributed by atoms with Crippen LogP contribution >= 0.6 is 0 Å². The SMILES string of the molecule is COc1cccc(CNC(=O)c2cnc([C@@H]3CCN(C(=O)CC4CCCC4)C3)nc2C)c1. The molecular weight excluding hydrogens is 404 g/mol. The van der Waals surface area contributed by atoms with Crippen molar-refractivity contribution in [3.05, 3.63) is 53.1 Å². The number of nitrogens with one attached hydrogen (secondary N) is 1. The first-order chi connectivity index (χ1) is 15.5. The molecule has 1 aromatic carbocycles. The van der Waals surface area contributed by atoms with Crippen molar-refractivity contribution in [1.82, 2.24) is 20.2 Å². The summed E-state index contributed by atoms with van der Waals surface area (Å²) >= 11 is 0. The normalized spacial score (nSPS) is 18.7. The molecule has 4 rings (SSSR count). The predicted molar refractivity (Wildman–Crippen MR) is 121 cm³/mol. The number of nitrogens with zero attached hydrogens (tertiary/aromatic N) is 3. The van der Waals surface area contributed by atoms with Gasteiger partial charge in [0.05, 0.1) is 18.4 Å². The molecule has 0 unspecified atom stereocenters. The van der Waals surface area contributed by atoms with Crippen LogP contribution in [0, 0.1) is 12.8 Å². The predicted octanol–water partition coefficient (Wildman–Crippen LogP) is 3.62. The molecule has 1 aromatic heterocycles. The highest BCUT2D eigenvalue weighted by Crippen LogP contribution is 2.30. The molecule has 1 saturated carbocycles. The van der Waals surface area contributed by atoms with Gasteiger partial charge in [0.25, 0.3) is 5.91 Å². The molecule has 1 aliphatic carbocycles. The summed E-state index contributed by atoms with van der Waals surface area (Å²) < 4.78 is 5.23. The lowest BCUT2D eigenvalue weighted by Crippen LogP contribution is -2.30. The number of aromatic nitrogens is 2. The smallest absolute Gasteiger partial charge is 0.254 e. The molecular formula is C25H32N4O3. The van der Waals surface area contributed by atoms with E-state index in [9.17, 15) is 9.59 Å². The van der Waals surface area contributed by atoms with E-state index < -0.39 is 0 Å². The zero-order chi connectivity index (χ0) is 22.5. The molecule has 0 radical (unpaired) electrons. The molecule has 2 aromatic rings. The molecule has 1 N–H and O–H groups in total. The number of carbonyl (C=O) groups is 2. The molecule has 170 valence electrons. The highest BCUT2D eigenvalue weighted by Gasteiger charge is 2.31. The highest BCUT2D eigenvalue weighted by molar-refractivity contribution is 5.94. The summed E-state index contributed by atoms with van der Waals surface area (Å²) in [6.07, 6.45) is 8.05. The van der Waals surface area contributed by atoms with Gasteiger partial charge in [-0.25, -0.2) is 9.97 Å². The topological polar surface area (TPSA) is 84.4 Å². The van der Waals surface area contributed by atoms with Crippen LogP contribution in [0.3, 0.4) is 0 Å². The lowest BCUT2D eigenvalue weighted by molar-refractivity contribution is -0.131.